The van der Waals surface area contributed by atoms with Gasteiger partial charge in [0.15, 0.2) is 0 Å². The third-order valence-electron chi connectivity index (χ3n) is 5.66. The van der Waals surface area contributed by atoms with Crippen LogP contribution in [0.4, 0.5) is 0 Å². The molecule has 2 aromatic rings. The van der Waals surface area contributed by atoms with Gasteiger partial charge < -0.3 is 9.15 Å². The zero-order chi connectivity index (χ0) is 20.1. The van der Waals surface area contributed by atoms with Gasteiger partial charge in [-0.15, -0.1) is 0 Å². The first-order valence-corrected chi connectivity index (χ1v) is 9.56. The van der Waals surface area contributed by atoms with Gasteiger partial charge in [-0.2, -0.15) is 10.1 Å². The van der Waals surface area contributed by atoms with Crippen molar-refractivity contribution in [1.82, 2.24) is 5.01 Å². The van der Waals surface area contributed by atoms with Gasteiger partial charge in [0.1, 0.15) is 5.75 Å². The van der Waals surface area contributed by atoms with E-state index in [2.05, 4.69) is 5.10 Å². The summed E-state index contributed by atoms with van der Waals surface area (Å²) in [6.07, 6.45) is 7.57. The molecule has 4 atom stereocenters. The average Bonchev–Trinajstić information content (AvgIpc) is 3.48. The van der Waals surface area contributed by atoms with Crippen LogP contribution in [0, 0.1) is 23.7 Å². The van der Waals surface area contributed by atoms with Crippen molar-refractivity contribution in [3.05, 3.63) is 65.1 Å². The quantitative estimate of drug-likeness (QED) is 0.254. The summed E-state index contributed by atoms with van der Waals surface area (Å²) in [5, 5.41) is 5.44. The highest BCUT2D eigenvalue weighted by Crippen LogP contribution is 2.52. The number of carbonyl (C=O) groups excluding carboxylic acids is 3. The predicted molar refractivity (Wildman–Crippen MR) is 102 cm³/mol. The minimum Gasteiger partial charge on any atom is -0.457 e. The molecule has 2 amide bonds. The van der Waals surface area contributed by atoms with Crippen LogP contribution in [0.25, 0.3) is 0 Å². The van der Waals surface area contributed by atoms with E-state index in [9.17, 15) is 14.4 Å². The molecule has 0 spiro atoms. The largest absolute Gasteiger partial charge is 0.457 e. The lowest BCUT2D eigenvalue weighted by molar-refractivity contribution is -0.140. The fourth-order valence-electron chi connectivity index (χ4n) is 4.38. The summed E-state index contributed by atoms with van der Waals surface area (Å²) in [6, 6.07) is 7.66. The Balaban J connectivity index is 1.40. The first-order valence-electron chi connectivity index (χ1n) is 9.18. The summed E-state index contributed by atoms with van der Waals surface area (Å²) < 4.78 is 10.4. The van der Waals surface area contributed by atoms with Crippen LogP contribution in [-0.4, -0.2) is 29.0 Å². The van der Waals surface area contributed by atoms with E-state index in [-0.39, 0.29) is 47.0 Å². The molecule has 2 aliphatic carbocycles. The first kappa shape index (κ1) is 17.9. The number of hydrogen-bond donors (Lipinski definition) is 0. The van der Waals surface area contributed by atoms with Crippen molar-refractivity contribution in [2.75, 3.05) is 0 Å². The molecule has 8 heteroatoms. The molecule has 4 unspecified atom stereocenters. The van der Waals surface area contributed by atoms with Crippen molar-refractivity contribution in [3.63, 3.8) is 0 Å². The Labute approximate surface area is 170 Å². The van der Waals surface area contributed by atoms with Crippen molar-refractivity contribution in [2.45, 2.75) is 6.42 Å². The second-order valence-electron chi connectivity index (χ2n) is 7.28. The van der Waals surface area contributed by atoms with Crippen LogP contribution in [0.5, 0.6) is 5.75 Å². The lowest BCUT2D eigenvalue weighted by Crippen LogP contribution is -2.28. The first-order chi connectivity index (χ1) is 14.0. The molecule has 1 aromatic carbocycles. The Morgan fingerprint density at radius 1 is 1.17 bits per heavy atom. The number of hydrazone groups is 1. The van der Waals surface area contributed by atoms with E-state index in [1.807, 2.05) is 12.2 Å². The molecule has 2 fully saturated rings. The van der Waals surface area contributed by atoms with E-state index in [4.69, 9.17) is 20.8 Å². The molecule has 1 aliphatic heterocycles. The second-order valence-corrected chi connectivity index (χ2v) is 7.72. The number of carbonyl (C=O) groups is 3. The number of fused-ring (bicyclic) bond motifs is 5. The molecule has 7 nitrogen and oxygen atoms in total. The van der Waals surface area contributed by atoms with Crippen molar-refractivity contribution in [3.8, 4) is 5.75 Å². The number of allylic oxidation sites excluding steroid dienone is 2. The number of nitrogens with zero attached hydrogens (tertiary/aromatic N) is 2. The van der Waals surface area contributed by atoms with Gasteiger partial charge in [0, 0.05) is 10.6 Å². The summed E-state index contributed by atoms with van der Waals surface area (Å²) in [4.78, 5) is 37.6. The zero-order valence-corrected chi connectivity index (χ0v) is 15.8. The maximum absolute atomic E-state index is 12.7. The monoisotopic (exact) mass is 410 g/mol. The Bertz CT molecular complexity index is 1040. The summed E-state index contributed by atoms with van der Waals surface area (Å²) in [5.41, 5.74) is 0.358. The second kappa shape index (κ2) is 6.70. The van der Waals surface area contributed by atoms with E-state index in [1.165, 1.54) is 30.7 Å². The maximum atomic E-state index is 12.7. The topological polar surface area (TPSA) is 89.2 Å². The Kier molecular flexibility index (Phi) is 4.13. The SMILES string of the molecule is O=C(Oc1ccc(Cl)cc1C=NN1C(=O)C2C3C=CC(C3)C2C1=O)c1ccco1. The number of amides is 2. The molecule has 29 heavy (non-hydrogen) atoms. The number of rotatable bonds is 4. The Hall–Kier alpha value is -3.19. The lowest BCUT2D eigenvalue weighted by Gasteiger charge is -2.13. The smallest absolute Gasteiger partial charge is 0.379 e. The van der Waals surface area contributed by atoms with Crippen molar-refractivity contribution >= 4 is 35.6 Å². The van der Waals surface area contributed by atoms with Crippen LogP contribution < -0.4 is 4.74 Å². The third-order valence-corrected chi connectivity index (χ3v) is 5.89. The van der Waals surface area contributed by atoms with Crippen LogP contribution >= 0.6 is 11.6 Å². The summed E-state index contributed by atoms with van der Waals surface area (Å²) in [6.45, 7) is 0. The fourth-order valence-corrected chi connectivity index (χ4v) is 4.56. The van der Waals surface area contributed by atoms with E-state index in [0.29, 0.717) is 10.6 Å². The van der Waals surface area contributed by atoms with Crippen LogP contribution in [0.15, 0.2) is 58.3 Å². The summed E-state index contributed by atoms with van der Waals surface area (Å²) >= 11 is 6.05. The van der Waals surface area contributed by atoms with Gasteiger partial charge in [-0.1, -0.05) is 23.8 Å². The van der Waals surface area contributed by atoms with Gasteiger partial charge in [0.05, 0.1) is 24.3 Å². The standard InChI is InChI=1S/C21H15ClN2O5/c22-14-5-6-15(29-21(27)16-2-1-7-28-16)13(9-14)10-23-24-19(25)17-11-3-4-12(8-11)18(17)20(24)26/h1-7,9-12,17-18H,8H2. The summed E-state index contributed by atoms with van der Waals surface area (Å²) in [5.74, 6) is -1.47. The Morgan fingerprint density at radius 3 is 2.55 bits per heavy atom. The number of halogens is 1. The molecule has 5 rings (SSSR count). The van der Waals surface area contributed by atoms with Gasteiger partial charge in [-0.25, -0.2) is 4.79 Å². The number of ether oxygens (including phenoxy) is 1. The minimum absolute atomic E-state index is 0.0449. The Morgan fingerprint density at radius 2 is 1.90 bits per heavy atom. The predicted octanol–water partition coefficient (Wildman–Crippen LogP) is 3.29. The van der Waals surface area contributed by atoms with E-state index in [0.717, 1.165) is 11.4 Å². The van der Waals surface area contributed by atoms with E-state index >= 15 is 0 Å². The van der Waals surface area contributed by atoms with Crippen LogP contribution in [0.3, 0.4) is 0 Å². The van der Waals surface area contributed by atoms with Gasteiger partial charge >= 0.3 is 5.97 Å². The molecule has 1 saturated carbocycles. The molecule has 146 valence electrons. The molecular weight excluding hydrogens is 396 g/mol. The molecule has 0 radical (unpaired) electrons. The maximum Gasteiger partial charge on any atom is 0.379 e. The normalized spacial score (nSPS) is 27.3. The highest BCUT2D eigenvalue weighted by Gasteiger charge is 2.59. The lowest BCUT2D eigenvalue weighted by atomic mass is 9.85. The number of benzene rings is 1. The van der Waals surface area contributed by atoms with E-state index in [1.54, 1.807) is 12.1 Å². The zero-order valence-electron chi connectivity index (χ0n) is 15.0. The molecular formula is C21H15ClN2O5. The van der Waals surface area contributed by atoms with Crippen molar-refractivity contribution in [2.24, 2.45) is 28.8 Å². The number of furan rings is 1. The van der Waals surface area contributed by atoms with Gasteiger partial charge in [0.2, 0.25) is 5.76 Å². The molecule has 1 aromatic heterocycles. The fraction of sp³-hybridized carbons (Fsp3) is 0.238. The van der Waals surface area contributed by atoms with Gasteiger partial charge in [0.25, 0.3) is 11.8 Å². The third kappa shape index (κ3) is 2.89. The van der Waals surface area contributed by atoms with Crippen molar-refractivity contribution < 1.29 is 23.5 Å². The molecule has 2 heterocycles. The number of imide groups is 1. The van der Waals surface area contributed by atoms with Gasteiger partial charge in [-0.05, 0) is 48.6 Å². The minimum atomic E-state index is -0.683. The van der Waals surface area contributed by atoms with Crippen LogP contribution in [-0.2, 0) is 9.59 Å². The molecule has 0 N–H and O–H groups in total. The highest BCUT2D eigenvalue weighted by molar-refractivity contribution is 6.31. The summed E-state index contributed by atoms with van der Waals surface area (Å²) in [7, 11) is 0. The average molecular weight is 411 g/mol. The van der Waals surface area contributed by atoms with E-state index < -0.39 is 5.97 Å². The molecule has 2 bridgehead atoms. The molecule has 1 saturated heterocycles. The number of esters is 1. The van der Waals surface area contributed by atoms with Gasteiger partial charge in [-0.3, -0.25) is 9.59 Å². The van der Waals surface area contributed by atoms with Crippen molar-refractivity contribution in [1.29, 1.82) is 0 Å². The van der Waals surface area contributed by atoms with Crippen LogP contribution in [0.2, 0.25) is 5.02 Å². The number of hydrogen-bond acceptors (Lipinski definition) is 6. The highest BCUT2D eigenvalue weighted by atomic mass is 35.5. The molecule has 3 aliphatic rings. The van der Waals surface area contributed by atoms with Crippen LogP contribution in [0.1, 0.15) is 22.5 Å².